The molecule has 27 heavy (non-hydrogen) atoms. The van der Waals surface area contributed by atoms with Crippen LogP contribution in [-0.4, -0.2) is 15.9 Å². The molecule has 3 aromatic rings. The van der Waals surface area contributed by atoms with Crippen molar-refractivity contribution in [3.05, 3.63) is 82.0 Å². The molecule has 0 fully saturated rings. The highest BCUT2D eigenvalue weighted by atomic mass is 35.5. The van der Waals surface area contributed by atoms with E-state index >= 15 is 0 Å². The summed E-state index contributed by atoms with van der Waals surface area (Å²) in [5, 5.41) is 5.78. The van der Waals surface area contributed by atoms with Crippen molar-refractivity contribution in [2.24, 2.45) is 0 Å². The number of anilines is 2. The zero-order chi connectivity index (χ0) is 19.4. The van der Waals surface area contributed by atoms with Crippen LogP contribution in [-0.2, 0) is 6.54 Å². The van der Waals surface area contributed by atoms with Gasteiger partial charge in [-0.2, -0.15) is 0 Å². The second-order valence-electron chi connectivity index (χ2n) is 6.11. The lowest BCUT2D eigenvalue weighted by Gasteiger charge is -2.10. The first-order valence-electron chi connectivity index (χ1n) is 8.32. The van der Waals surface area contributed by atoms with E-state index in [4.69, 9.17) is 11.6 Å². The third-order valence-corrected chi connectivity index (χ3v) is 4.13. The number of halogens is 2. The first-order valence-corrected chi connectivity index (χ1v) is 8.70. The molecule has 1 amide bonds. The van der Waals surface area contributed by atoms with E-state index in [-0.39, 0.29) is 10.7 Å². The minimum absolute atomic E-state index is 0.0629. The number of carbonyl (C=O) groups is 1. The van der Waals surface area contributed by atoms with Crippen LogP contribution in [0.4, 0.5) is 15.9 Å². The molecule has 5 nitrogen and oxygen atoms in total. The van der Waals surface area contributed by atoms with Crippen LogP contribution in [0.2, 0.25) is 5.02 Å². The Labute approximate surface area is 161 Å². The summed E-state index contributed by atoms with van der Waals surface area (Å²) in [7, 11) is 0. The van der Waals surface area contributed by atoms with Gasteiger partial charge in [0.05, 0.1) is 5.02 Å². The number of aryl methyl sites for hydroxylation is 2. The van der Waals surface area contributed by atoms with E-state index in [0.29, 0.717) is 23.9 Å². The number of nitrogens with one attached hydrogen (secondary N) is 2. The normalized spacial score (nSPS) is 10.5. The number of hydrogen-bond donors (Lipinski definition) is 2. The average molecular weight is 385 g/mol. The molecule has 0 saturated carbocycles. The predicted octanol–water partition coefficient (Wildman–Crippen LogP) is 4.75. The van der Waals surface area contributed by atoms with Crippen LogP contribution in [0.15, 0.2) is 48.5 Å². The molecule has 2 aromatic carbocycles. The molecule has 0 bridgehead atoms. The van der Waals surface area contributed by atoms with Crippen molar-refractivity contribution >= 4 is 29.0 Å². The number of carbonyl (C=O) groups excluding carboxylic acids is 1. The maximum absolute atomic E-state index is 13.2. The predicted molar refractivity (Wildman–Crippen MR) is 105 cm³/mol. The summed E-state index contributed by atoms with van der Waals surface area (Å²) < 4.78 is 13.2. The molecule has 0 aliphatic rings. The van der Waals surface area contributed by atoms with Gasteiger partial charge in [-0.1, -0.05) is 41.4 Å². The first kappa shape index (κ1) is 18.8. The van der Waals surface area contributed by atoms with Crippen molar-refractivity contribution in [1.82, 2.24) is 9.97 Å². The molecular formula is C20H18ClFN4O. The molecule has 2 N–H and O–H groups in total. The Balaban J connectivity index is 1.72. The topological polar surface area (TPSA) is 66.9 Å². The molecule has 0 aliphatic carbocycles. The van der Waals surface area contributed by atoms with Gasteiger partial charge in [-0.3, -0.25) is 4.79 Å². The third-order valence-electron chi connectivity index (χ3n) is 3.84. The van der Waals surface area contributed by atoms with E-state index in [0.717, 1.165) is 5.56 Å². The Morgan fingerprint density at radius 3 is 2.52 bits per heavy atom. The minimum Gasteiger partial charge on any atom is -0.366 e. The fourth-order valence-corrected chi connectivity index (χ4v) is 2.62. The molecule has 0 atom stereocenters. The number of nitrogens with zero attached hydrogens (tertiary/aromatic N) is 2. The Morgan fingerprint density at radius 1 is 1.07 bits per heavy atom. The molecule has 1 heterocycles. The number of aromatic nitrogens is 2. The third kappa shape index (κ3) is 5.01. The summed E-state index contributed by atoms with van der Waals surface area (Å²) in [6.45, 7) is 4.32. The van der Waals surface area contributed by atoms with Crippen molar-refractivity contribution in [2.45, 2.75) is 20.4 Å². The summed E-state index contributed by atoms with van der Waals surface area (Å²) in [5.74, 6) is 0.0354. The number of amides is 1. The lowest BCUT2D eigenvalue weighted by atomic mass is 10.1. The lowest BCUT2D eigenvalue weighted by Crippen LogP contribution is -2.16. The van der Waals surface area contributed by atoms with Crippen LogP contribution >= 0.6 is 11.6 Å². The van der Waals surface area contributed by atoms with Crippen LogP contribution in [0.3, 0.4) is 0 Å². The quantitative estimate of drug-likeness (QED) is 0.666. The zero-order valence-corrected chi connectivity index (χ0v) is 15.6. The summed E-state index contributed by atoms with van der Waals surface area (Å²) in [6, 6.07) is 13.7. The first-order chi connectivity index (χ1) is 12.9. The van der Waals surface area contributed by atoms with E-state index in [1.807, 2.05) is 31.2 Å². The molecular weight excluding hydrogens is 367 g/mol. The maximum atomic E-state index is 13.2. The fraction of sp³-hybridized carbons (Fsp3) is 0.150. The van der Waals surface area contributed by atoms with Crippen LogP contribution in [0.25, 0.3) is 0 Å². The van der Waals surface area contributed by atoms with Crippen molar-refractivity contribution in [2.75, 3.05) is 10.6 Å². The molecule has 0 radical (unpaired) electrons. The Kier molecular flexibility index (Phi) is 5.66. The molecule has 3 rings (SSSR count). The van der Waals surface area contributed by atoms with Gasteiger partial charge in [0.25, 0.3) is 5.91 Å². The van der Waals surface area contributed by atoms with Crippen molar-refractivity contribution in [3.63, 3.8) is 0 Å². The highest BCUT2D eigenvalue weighted by Crippen LogP contribution is 2.20. The summed E-state index contributed by atoms with van der Waals surface area (Å²) in [5.41, 5.74) is 2.88. The van der Waals surface area contributed by atoms with Gasteiger partial charge in [0.2, 0.25) is 0 Å². The van der Waals surface area contributed by atoms with Gasteiger partial charge in [-0.15, -0.1) is 0 Å². The largest absolute Gasteiger partial charge is 0.366 e. The van der Waals surface area contributed by atoms with Gasteiger partial charge >= 0.3 is 0 Å². The van der Waals surface area contributed by atoms with Gasteiger partial charge in [-0.25, -0.2) is 14.4 Å². The van der Waals surface area contributed by atoms with Gasteiger partial charge in [0.15, 0.2) is 0 Å². The molecule has 0 unspecified atom stereocenters. The van der Waals surface area contributed by atoms with Crippen molar-refractivity contribution < 1.29 is 9.18 Å². The number of hydrogen-bond acceptors (Lipinski definition) is 4. The second-order valence-corrected chi connectivity index (χ2v) is 6.52. The maximum Gasteiger partial charge on any atom is 0.274 e. The second kappa shape index (κ2) is 8.14. The van der Waals surface area contributed by atoms with E-state index < -0.39 is 11.7 Å². The van der Waals surface area contributed by atoms with Crippen LogP contribution in [0, 0.1) is 19.7 Å². The zero-order valence-electron chi connectivity index (χ0n) is 14.9. The Hall–Kier alpha value is -2.99. The number of rotatable bonds is 5. The SMILES string of the molecule is Cc1ccc(CNc2cc(C(=O)Nc3ccc(F)c(Cl)c3)nc(C)n2)cc1. The molecule has 0 saturated heterocycles. The van der Waals surface area contributed by atoms with E-state index in [2.05, 4.69) is 20.6 Å². The molecule has 0 spiro atoms. The van der Waals surface area contributed by atoms with Crippen LogP contribution in [0.1, 0.15) is 27.4 Å². The van der Waals surface area contributed by atoms with Crippen molar-refractivity contribution in [3.8, 4) is 0 Å². The lowest BCUT2D eigenvalue weighted by molar-refractivity contribution is 0.102. The van der Waals surface area contributed by atoms with Gasteiger partial charge in [0.1, 0.15) is 23.2 Å². The number of benzene rings is 2. The molecule has 138 valence electrons. The summed E-state index contributed by atoms with van der Waals surface area (Å²) in [6.07, 6.45) is 0. The monoisotopic (exact) mass is 384 g/mol. The average Bonchev–Trinajstić information content (AvgIpc) is 2.64. The minimum atomic E-state index is -0.546. The van der Waals surface area contributed by atoms with E-state index in [1.54, 1.807) is 13.0 Å². The standard InChI is InChI=1S/C20H18ClFN4O/c1-12-3-5-14(6-4-12)11-23-19-10-18(24-13(2)25-19)20(27)26-15-7-8-17(22)16(21)9-15/h3-10H,11H2,1-2H3,(H,26,27)(H,23,24,25). The molecule has 0 aliphatic heterocycles. The highest BCUT2D eigenvalue weighted by molar-refractivity contribution is 6.31. The van der Waals surface area contributed by atoms with Crippen molar-refractivity contribution in [1.29, 1.82) is 0 Å². The molecule has 1 aromatic heterocycles. The summed E-state index contributed by atoms with van der Waals surface area (Å²) >= 11 is 5.74. The summed E-state index contributed by atoms with van der Waals surface area (Å²) in [4.78, 5) is 20.9. The van der Waals surface area contributed by atoms with Gasteiger partial charge < -0.3 is 10.6 Å². The van der Waals surface area contributed by atoms with E-state index in [9.17, 15) is 9.18 Å². The van der Waals surface area contributed by atoms with Gasteiger partial charge in [-0.05, 0) is 37.6 Å². The van der Waals surface area contributed by atoms with Gasteiger partial charge in [0, 0.05) is 18.3 Å². The van der Waals surface area contributed by atoms with Crippen LogP contribution < -0.4 is 10.6 Å². The Morgan fingerprint density at radius 2 is 1.81 bits per heavy atom. The fourth-order valence-electron chi connectivity index (χ4n) is 2.44. The highest BCUT2D eigenvalue weighted by Gasteiger charge is 2.12. The van der Waals surface area contributed by atoms with E-state index in [1.165, 1.54) is 23.8 Å². The molecule has 7 heteroatoms. The smallest absolute Gasteiger partial charge is 0.274 e. The van der Waals surface area contributed by atoms with Crippen LogP contribution in [0.5, 0.6) is 0 Å². The Bertz CT molecular complexity index is 976.